The van der Waals surface area contributed by atoms with Crippen LogP contribution in [0.15, 0.2) is 36.5 Å². The Balaban J connectivity index is 1.73. The van der Waals surface area contributed by atoms with Gasteiger partial charge in [0.25, 0.3) is 11.6 Å². The number of piperidine rings is 1. The van der Waals surface area contributed by atoms with Gasteiger partial charge in [0.05, 0.1) is 11.5 Å². The summed E-state index contributed by atoms with van der Waals surface area (Å²) in [4.78, 5) is 33.2. The Morgan fingerprint density at radius 1 is 1.36 bits per heavy atom. The van der Waals surface area contributed by atoms with E-state index in [1.807, 2.05) is 0 Å². The normalized spacial score (nSPS) is 17.2. The molecule has 8 heteroatoms. The van der Waals surface area contributed by atoms with Crippen molar-refractivity contribution in [3.63, 3.8) is 0 Å². The molecule has 1 atom stereocenters. The van der Waals surface area contributed by atoms with Crippen molar-refractivity contribution in [3.8, 4) is 5.88 Å². The first-order chi connectivity index (χ1) is 12.0. The number of nitro benzene ring substituents is 1. The van der Waals surface area contributed by atoms with Crippen molar-refractivity contribution in [2.75, 3.05) is 13.1 Å². The monoisotopic (exact) mass is 342 g/mol. The molecule has 0 saturated carbocycles. The van der Waals surface area contributed by atoms with E-state index in [1.54, 1.807) is 36.2 Å². The van der Waals surface area contributed by atoms with Gasteiger partial charge in [-0.3, -0.25) is 14.9 Å². The van der Waals surface area contributed by atoms with E-state index in [0.29, 0.717) is 24.8 Å². The number of ether oxygens (including phenoxy) is 1. The number of likely N-dealkylation sites (tertiary alicyclic amines) is 1. The van der Waals surface area contributed by atoms with Crippen molar-refractivity contribution in [3.05, 3.63) is 58.0 Å². The summed E-state index contributed by atoms with van der Waals surface area (Å²) in [5, 5.41) is 11.1. The third-order valence-electron chi connectivity index (χ3n) is 4.03. The van der Waals surface area contributed by atoms with Gasteiger partial charge in [-0.2, -0.15) is 4.98 Å². The van der Waals surface area contributed by atoms with Crippen molar-refractivity contribution in [1.82, 2.24) is 14.9 Å². The highest BCUT2D eigenvalue weighted by atomic mass is 16.6. The summed E-state index contributed by atoms with van der Waals surface area (Å²) < 4.78 is 5.85. The van der Waals surface area contributed by atoms with E-state index < -0.39 is 4.92 Å². The summed E-state index contributed by atoms with van der Waals surface area (Å²) in [7, 11) is 0. The first kappa shape index (κ1) is 16.8. The van der Waals surface area contributed by atoms with Gasteiger partial charge < -0.3 is 9.64 Å². The van der Waals surface area contributed by atoms with Crippen molar-refractivity contribution in [2.24, 2.45) is 0 Å². The van der Waals surface area contributed by atoms with Crippen LogP contribution in [-0.2, 0) is 0 Å². The summed E-state index contributed by atoms with van der Waals surface area (Å²) >= 11 is 0. The number of hydrogen-bond acceptors (Lipinski definition) is 6. The summed E-state index contributed by atoms with van der Waals surface area (Å²) in [5.74, 6) is 0.734. The van der Waals surface area contributed by atoms with Crippen molar-refractivity contribution in [1.29, 1.82) is 0 Å². The smallest absolute Gasteiger partial charge is 0.282 e. The van der Waals surface area contributed by atoms with E-state index in [0.717, 1.165) is 12.8 Å². The molecule has 2 aromatic rings. The highest BCUT2D eigenvalue weighted by Crippen LogP contribution is 2.23. The Bertz CT molecular complexity index is 796. The van der Waals surface area contributed by atoms with E-state index in [4.69, 9.17) is 4.74 Å². The molecule has 1 aliphatic heterocycles. The topological polar surface area (TPSA) is 98.5 Å². The molecule has 1 amide bonds. The summed E-state index contributed by atoms with van der Waals surface area (Å²) in [6.07, 6.45) is 2.98. The maximum Gasteiger partial charge on any atom is 0.282 e. The van der Waals surface area contributed by atoms with Crippen LogP contribution in [0.5, 0.6) is 5.88 Å². The van der Waals surface area contributed by atoms with Crippen molar-refractivity contribution >= 4 is 11.6 Å². The molecule has 1 saturated heterocycles. The van der Waals surface area contributed by atoms with E-state index in [-0.39, 0.29) is 23.3 Å². The minimum Gasteiger partial charge on any atom is -0.472 e. The SMILES string of the molecule is Cc1nccc(OC2CCCN(C(=O)c3ccccc3[N+](=O)[O-])C2)n1. The molecule has 25 heavy (non-hydrogen) atoms. The lowest BCUT2D eigenvalue weighted by Gasteiger charge is -2.32. The van der Waals surface area contributed by atoms with Crippen LogP contribution in [0.25, 0.3) is 0 Å². The van der Waals surface area contributed by atoms with Gasteiger partial charge in [-0.1, -0.05) is 12.1 Å². The zero-order valence-electron chi connectivity index (χ0n) is 13.8. The number of benzene rings is 1. The van der Waals surface area contributed by atoms with Gasteiger partial charge in [-0.15, -0.1) is 0 Å². The Hall–Kier alpha value is -3.03. The lowest BCUT2D eigenvalue weighted by Crippen LogP contribution is -2.44. The largest absolute Gasteiger partial charge is 0.472 e. The lowest BCUT2D eigenvalue weighted by atomic mass is 10.1. The first-order valence-electron chi connectivity index (χ1n) is 8.03. The standard InChI is InChI=1S/C17H18N4O4/c1-12-18-9-8-16(19-12)25-13-5-4-10-20(11-13)17(22)14-6-2-3-7-15(14)21(23)24/h2-3,6-9,13H,4-5,10-11H2,1H3. The Labute approximate surface area is 144 Å². The maximum absolute atomic E-state index is 12.7. The molecule has 130 valence electrons. The Morgan fingerprint density at radius 3 is 2.92 bits per heavy atom. The molecule has 0 radical (unpaired) electrons. The number of nitro groups is 1. The molecule has 1 aliphatic rings. The average Bonchev–Trinajstić information content (AvgIpc) is 2.61. The number of aryl methyl sites for hydroxylation is 1. The molecule has 0 spiro atoms. The number of amides is 1. The third-order valence-corrected chi connectivity index (χ3v) is 4.03. The number of carbonyl (C=O) groups excluding carboxylic acids is 1. The molecule has 3 rings (SSSR count). The molecule has 2 heterocycles. The molecular weight excluding hydrogens is 324 g/mol. The van der Waals surface area contributed by atoms with Crippen LogP contribution in [0.1, 0.15) is 29.0 Å². The van der Waals surface area contributed by atoms with E-state index in [2.05, 4.69) is 9.97 Å². The molecule has 1 aromatic heterocycles. The lowest BCUT2D eigenvalue weighted by molar-refractivity contribution is -0.385. The Kier molecular flexibility index (Phi) is 4.87. The van der Waals surface area contributed by atoms with Gasteiger partial charge in [0.15, 0.2) is 0 Å². The Morgan fingerprint density at radius 2 is 2.16 bits per heavy atom. The molecule has 0 aliphatic carbocycles. The number of hydrogen-bond donors (Lipinski definition) is 0. The predicted molar refractivity (Wildman–Crippen MR) is 89.4 cm³/mol. The maximum atomic E-state index is 12.7. The predicted octanol–water partition coefficient (Wildman–Crippen LogP) is 2.38. The summed E-state index contributed by atoms with van der Waals surface area (Å²) in [6, 6.07) is 7.68. The van der Waals surface area contributed by atoms with Crippen molar-refractivity contribution in [2.45, 2.75) is 25.9 Å². The first-order valence-corrected chi connectivity index (χ1v) is 8.03. The van der Waals surface area contributed by atoms with Crippen LogP contribution >= 0.6 is 0 Å². The van der Waals surface area contributed by atoms with Gasteiger partial charge in [0.2, 0.25) is 5.88 Å². The second-order valence-corrected chi connectivity index (χ2v) is 5.85. The zero-order valence-corrected chi connectivity index (χ0v) is 13.8. The second kappa shape index (κ2) is 7.25. The molecule has 1 unspecified atom stereocenters. The molecule has 8 nitrogen and oxygen atoms in total. The van der Waals surface area contributed by atoms with E-state index in [9.17, 15) is 14.9 Å². The summed E-state index contributed by atoms with van der Waals surface area (Å²) in [5.41, 5.74) is -0.0759. The number of para-hydroxylation sites is 1. The van der Waals surface area contributed by atoms with Crippen molar-refractivity contribution < 1.29 is 14.5 Å². The molecule has 1 aromatic carbocycles. The highest BCUT2D eigenvalue weighted by Gasteiger charge is 2.29. The van der Waals surface area contributed by atoms with Gasteiger partial charge >= 0.3 is 0 Å². The van der Waals surface area contributed by atoms with Crippen LogP contribution in [-0.4, -0.2) is 44.9 Å². The van der Waals surface area contributed by atoms with Crippen LogP contribution in [0.4, 0.5) is 5.69 Å². The third kappa shape index (κ3) is 3.90. The molecular formula is C17H18N4O4. The molecule has 0 N–H and O–H groups in total. The minimum absolute atomic E-state index is 0.103. The molecule has 0 bridgehead atoms. The number of aromatic nitrogens is 2. The second-order valence-electron chi connectivity index (χ2n) is 5.85. The minimum atomic E-state index is -0.533. The highest BCUT2D eigenvalue weighted by molar-refractivity contribution is 5.98. The van der Waals surface area contributed by atoms with Crippen LogP contribution < -0.4 is 4.74 Å². The number of rotatable bonds is 4. The van der Waals surface area contributed by atoms with Gasteiger partial charge in [0, 0.05) is 24.9 Å². The fraction of sp³-hybridized carbons (Fsp3) is 0.353. The number of nitrogens with zero attached hydrogens (tertiary/aromatic N) is 4. The molecule has 1 fully saturated rings. The van der Waals surface area contributed by atoms with Gasteiger partial charge in [0.1, 0.15) is 17.5 Å². The van der Waals surface area contributed by atoms with Gasteiger partial charge in [-0.05, 0) is 25.8 Å². The zero-order chi connectivity index (χ0) is 17.8. The van der Waals surface area contributed by atoms with E-state index in [1.165, 1.54) is 12.1 Å². The average molecular weight is 342 g/mol. The van der Waals surface area contributed by atoms with Crippen LogP contribution in [0.3, 0.4) is 0 Å². The quantitative estimate of drug-likeness (QED) is 0.625. The number of carbonyl (C=O) groups is 1. The summed E-state index contributed by atoms with van der Waals surface area (Å²) in [6.45, 7) is 2.69. The fourth-order valence-corrected chi connectivity index (χ4v) is 2.87. The van der Waals surface area contributed by atoms with Gasteiger partial charge in [-0.25, -0.2) is 4.98 Å². The van der Waals surface area contributed by atoms with Crippen LogP contribution in [0, 0.1) is 17.0 Å². The van der Waals surface area contributed by atoms with Crippen LogP contribution in [0.2, 0.25) is 0 Å². The fourth-order valence-electron chi connectivity index (χ4n) is 2.87. The van der Waals surface area contributed by atoms with E-state index >= 15 is 0 Å².